The van der Waals surface area contributed by atoms with Gasteiger partial charge in [0.2, 0.25) is 0 Å². The lowest BCUT2D eigenvalue weighted by Gasteiger charge is -2.22. The van der Waals surface area contributed by atoms with Crippen molar-refractivity contribution in [3.63, 3.8) is 0 Å². The van der Waals surface area contributed by atoms with Crippen LogP contribution in [0.4, 0.5) is 5.82 Å². The minimum Gasteiger partial charge on any atom is -0.480 e. The van der Waals surface area contributed by atoms with Crippen LogP contribution in [-0.4, -0.2) is 70.4 Å². The van der Waals surface area contributed by atoms with Gasteiger partial charge in [0.1, 0.15) is 36.2 Å². The summed E-state index contributed by atoms with van der Waals surface area (Å²) in [6.45, 7) is 0. The first-order chi connectivity index (χ1) is 12.3. The van der Waals surface area contributed by atoms with Gasteiger partial charge in [0, 0.05) is 5.25 Å². The molecular weight excluding hydrogens is 364 g/mol. The number of rotatable bonds is 6. The summed E-state index contributed by atoms with van der Waals surface area (Å²) in [6, 6.07) is -1.03. The highest BCUT2D eigenvalue weighted by atomic mass is 32.1. The molecular formula is C14H20N6O5S. The fraction of sp³-hybridized carbons (Fsp3) is 0.571. The van der Waals surface area contributed by atoms with Gasteiger partial charge in [-0.15, -0.1) is 0 Å². The molecule has 2 aromatic rings. The van der Waals surface area contributed by atoms with Crippen molar-refractivity contribution in [1.82, 2.24) is 19.5 Å². The van der Waals surface area contributed by atoms with Crippen molar-refractivity contribution in [2.24, 2.45) is 5.73 Å². The molecule has 2 unspecified atom stereocenters. The molecule has 142 valence electrons. The number of ether oxygens (including phenoxy) is 1. The molecule has 3 heterocycles. The average molecular weight is 384 g/mol. The maximum Gasteiger partial charge on any atom is 0.320 e. The van der Waals surface area contributed by atoms with Crippen molar-refractivity contribution in [2.75, 3.05) is 5.73 Å². The standard InChI is InChI=1S/C14H20N6O5S/c15-5(14(23)24)1-2-6(26)10-8(21)9(22)13(25-10)20-4-19-7-11(16)17-3-18-12(7)20/h3-6,8-10,13,21-22,26H,1-2,15H2,(H,23,24)(H2,16,17,18)/t5?,6?,8-,9+,10+,13-/m0/s1. The first kappa shape index (κ1) is 18.8. The Kier molecular flexibility index (Phi) is 5.29. The van der Waals surface area contributed by atoms with Crippen LogP contribution in [0.2, 0.25) is 0 Å². The lowest BCUT2D eigenvalue weighted by atomic mass is 10.0. The Bertz CT molecular complexity index is 803. The maximum absolute atomic E-state index is 10.8. The third-order valence-electron chi connectivity index (χ3n) is 4.41. The summed E-state index contributed by atoms with van der Waals surface area (Å²) in [4.78, 5) is 22.9. The van der Waals surface area contributed by atoms with Crippen molar-refractivity contribution in [3.05, 3.63) is 12.7 Å². The van der Waals surface area contributed by atoms with Gasteiger partial charge in [0.05, 0.1) is 6.33 Å². The molecule has 1 aliphatic heterocycles. The third-order valence-corrected chi connectivity index (χ3v) is 4.96. The van der Waals surface area contributed by atoms with Crippen LogP contribution < -0.4 is 11.5 Å². The van der Waals surface area contributed by atoms with Crippen LogP contribution in [-0.2, 0) is 9.53 Å². The molecule has 0 spiro atoms. The van der Waals surface area contributed by atoms with E-state index in [-0.39, 0.29) is 18.7 Å². The molecule has 0 amide bonds. The van der Waals surface area contributed by atoms with Crippen LogP contribution in [0, 0.1) is 0 Å². The lowest BCUT2D eigenvalue weighted by Crippen LogP contribution is -2.38. The fourth-order valence-corrected chi connectivity index (χ4v) is 3.32. The first-order valence-electron chi connectivity index (χ1n) is 7.92. The van der Waals surface area contributed by atoms with Gasteiger partial charge in [-0.05, 0) is 12.8 Å². The second-order valence-corrected chi connectivity index (χ2v) is 6.81. The van der Waals surface area contributed by atoms with Gasteiger partial charge in [-0.25, -0.2) is 15.0 Å². The molecule has 0 saturated carbocycles. The number of carboxylic acid groups (broad SMARTS) is 1. The molecule has 11 nitrogen and oxygen atoms in total. The van der Waals surface area contributed by atoms with E-state index in [2.05, 4.69) is 27.6 Å². The van der Waals surface area contributed by atoms with Gasteiger partial charge >= 0.3 is 5.97 Å². The molecule has 6 atom stereocenters. The van der Waals surface area contributed by atoms with Gasteiger partial charge < -0.3 is 31.5 Å². The first-order valence-corrected chi connectivity index (χ1v) is 8.44. The van der Waals surface area contributed by atoms with Gasteiger partial charge in [-0.1, -0.05) is 0 Å². The molecule has 0 aromatic carbocycles. The number of nitrogens with zero attached hydrogens (tertiary/aromatic N) is 4. The van der Waals surface area contributed by atoms with E-state index in [0.717, 1.165) is 0 Å². The number of imidazole rings is 1. The Morgan fingerprint density at radius 3 is 2.73 bits per heavy atom. The quantitative estimate of drug-likeness (QED) is 0.321. The summed E-state index contributed by atoms with van der Waals surface area (Å²) in [5.74, 6) is -0.924. The molecule has 0 bridgehead atoms. The average Bonchev–Trinajstić information content (AvgIpc) is 3.15. The summed E-state index contributed by atoms with van der Waals surface area (Å²) in [6.07, 6.45) is -1.14. The number of thiol groups is 1. The maximum atomic E-state index is 10.8. The lowest BCUT2D eigenvalue weighted by molar-refractivity contribution is -0.138. The van der Waals surface area contributed by atoms with E-state index in [4.69, 9.17) is 21.3 Å². The number of aliphatic carboxylic acids is 1. The van der Waals surface area contributed by atoms with Crippen LogP contribution in [0.3, 0.4) is 0 Å². The van der Waals surface area contributed by atoms with Crippen LogP contribution in [0.25, 0.3) is 11.2 Å². The zero-order valence-electron chi connectivity index (χ0n) is 13.6. The third kappa shape index (κ3) is 3.33. The molecule has 3 rings (SSSR count). The fourth-order valence-electron chi connectivity index (χ4n) is 2.93. The molecule has 12 heteroatoms. The highest BCUT2D eigenvalue weighted by Crippen LogP contribution is 2.35. The van der Waals surface area contributed by atoms with E-state index in [0.29, 0.717) is 11.2 Å². The van der Waals surface area contributed by atoms with Gasteiger partial charge in [0.25, 0.3) is 0 Å². The summed E-state index contributed by atoms with van der Waals surface area (Å²) in [5, 5.41) is 29.0. The molecule has 2 aromatic heterocycles. The van der Waals surface area contributed by atoms with Crippen molar-refractivity contribution >= 4 is 35.6 Å². The van der Waals surface area contributed by atoms with Gasteiger partial charge in [-0.3, -0.25) is 9.36 Å². The van der Waals surface area contributed by atoms with Crippen LogP contribution in [0.1, 0.15) is 19.1 Å². The molecule has 1 saturated heterocycles. The Labute approximate surface area is 153 Å². The summed E-state index contributed by atoms with van der Waals surface area (Å²) in [7, 11) is 0. The summed E-state index contributed by atoms with van der Waals surface area (Å²) < 4.78 is 7.25. The monoisotopic (exact) mass is 384 g/mol. The number of aromatic nitrogens is 4. The number of anilines is 1. The number of carbonyl (C=O) groups is 1. The second kappa shape index (κ2) is 7.32. The van der Waals surface area contributed by atoms with E-state index in [1.165, 1.54) is 17.2 Å². The molecule has 0 aliphatic carbocycles. The molecule has 26 heavy (non-hydrogen) atoms. The predicted octanol–water partition coefficient (Wildman–Crippen LogP) is -1.48. The smallest absolute Gasteiger partial charge is 0.320 e. The predicted molar refractivity (Wildman–Crippen MR) is 93.3 cm³/mol. The number of carboxylic acids is 1. The van der Waals surface area contributed by atoms with Crippen molar-refractivity contribution in [3.8, 4) is 0 Å². The topological polar surface area (TPSA) is 183 Å². The second-order valence-electron chi connectivity index (χ2n) is 6.14. The van der Waals surface area contributed by atoms with Gasteiger partial charge in [-0.2, -0.15) is 12.6 Å². The minimum absolute atomic E-state index is 0.161. The van der Waals surface area contributed by atoms with Crippen molar-refractivity contribution < 1.29 is 24.9 Å². The number of aliphatic hydroxyl groups is 2. The van der Waals surface area contributed by atoms with E-state index in [9.17, 15) is 15.0 Å². The van der Waals surface area contributed by atoms with E-state index in [1.54, 1.807) is 0 Å². The van der Waals surface area contributed by atoms with Crippen molar-refractivity contribution in [1.29, 1.82) is 0 Å². The molecule has 1 fully saturated rings. The number of nitrogens with two attached hydrogens (primary N) is 2. The Morgan fingerprint density at radius 1 is 1.31 bits per heavy atom. The van der Waals surface area contributed by atoms with Crippen molar-refractivity contribution in [2.45, 2.75) is 48.7 Å². The van der Waals surface area contributed by atoms with Crippen LogP contribution >= 0.6 is 12.6 Å². The number of fused-ring (bicyclic) bond motifs is 1. The SMILES string of the molecule is Nc1ncnc2c1ncn2[C@H]1O[C@H](C(S)CCC(N)C(=O)O)[C@@H](O)[C@H]1O. The molecule has 7 N–H and O–H groups in total. The Hall–Kier alpha value is -1.99. The highest BCUT2D eigenvalue weighted by Gasteiger charge is 2.46. The van der Waals surface area contributed by atoms with Crippen LogP contribution in [0.5, 0.6) is 0 Å². The minimum atomic E-state index is -1.25. The van der Waals surface area contributed by atoms with Crippen LogP contribution in [0.15, 0.2) is 12.7 Å². The largest absolute Gasteiger partial charge is 0.480 e. The zero-order valence-corrected chi connectivity index (χ0v) is 14.5. The van der Waals surface area contributed by atoms with Gasteiger partial charge in [0.15, 0.2) is 17.7 Å². The molecule has 0 radical (unpaired) electrons. The number of nitrogen functional groups attached to an aromatic ring is 1. The Morgan fingerprint density at radius 2 is 2.04 bits per heavy atom. The number of hydrogen-bond acceptors (Lipinski definition) is 10. The van der Waals surface area contributed by atoms with E-state index in [1.807, 2.05) is 0 Å². The zero-order chi connectivity index (χ0) is 19.0. The van der Waals surface area contributed by atoms with E-state index >= 15 is 0 Å². The number of hydrogen-bond donors (Lipinski definition) is 6. The molecule has 1 aliphatic rings. The summed E-state index contributed by atoms with van der Waals surface area (Å²) >= 11 is 4.38. The summed E-state index contributed by atoms with van der Waals surface area (Å²) in [5.41, 5.74) is 11.9. The normalized spacial score (nSPS) is 28.3. The van der Waals surface area contributed by atoms with E-state index < -0.39 is 41.8 Å². The highest BCUT2D eigenvalue weighted by molar-refractivity contribution is 7.81. The Balaban J connectivity index is 1.77. The number of aliphatic hydroxyl groups excluding tert-OH is 2.